The number of rotatable bonds is 2. The van der Waals surface area contributed by atoms with E-state index in [0.29, 0.717) is 35.7 Å². The second-order valence-corrected chi connectivity index (χ2v) is 9.61. The predicted molar refractivity (Wildman–Crippen MR) is 97.1 cm³/mol. The van der Waals surface area contributed by atoms with Crippen LogP contribution in [0.1, 0.15) is 65.7 Å². The van der Waals surface area contributed by atoms with E-state index < -0.39 is 0 Å². The Labute approximate surface area is 151 Å². The number of fused-ring (bicyclic) bond motifs is 5. The molecule has 3 heteroatoms. The summed E-state index contributed by atoms with van der Waals surface area (Å²) < 4.78 is 5.79. The molecule has 1 unspecified atom stereocenters. The van der Waals surface area contributed by atoms with Crippen molar-refractivity contribution in [2.75, 3.05) is 7.11 Å². The first-order valence-electron chi connectivity index (χ1n) is 10.1. The molecule has 0 bridgehead atoms. The first-order valence-corrected chi connectivity index (χ1v) is 10.1. The zero-order valence-electron chi connectivity index (χ0n) is 16.1. The lowest BCUT2D eigenvalue weighted by Crippen LogP contribution is -2.51. The molecule has 4 aliphatic rings. The number of ketones is 2. The fraction of sp³-hybridized carbons (Fsp3) is 0.818. The Morgan fingerprint density at radius 3 is 2.60 bits per heavy atom. The number of hydrogen-bond acceptors (Lipinski definition) is 3. The van der Waals surface area contributed by atoms with Gasteiger partial charge >= 0.3 is 0 Å². The van der Waals surface area contributed by atoms with Gasteiger partial charge in [0.05, 0.1) is 6.10 Å². The Balaban J connectivity index is 1.69. The summed E-state index contributed by atoms with van der Waals surface area (Å²) in [5.74, 6) is 2.62. The molecular formula is C22H32O3. The summed E-state index contributed by atoms with van der Waals surface area (Å²) in [5, 5.41) is 0. The zero-order valence-corrected chi connectivity index (χ0v) is 16.1. The Morgan fingerprint density at radius 1 is 1.16 bits per heavy atom. The van der Waals surface area contributed by atoms with Crippen LogP contribution in [0.2, 0.25) is 0 Å². The molecule has 0 aliphatic heterocycles. The average Bonchev–Trinajstić information content (AvgIpc) is 2.88. The van der Waals surface area contributed by atoms with Gasteiger partial charge in [-0.2, -0.15) is 0 Å². The number of carbonyl (C=O) groups is 2. The lowest BCUT2D eigenvalue weighted by molar-refractivity contribution is -0.132. The summed E-state index contributed by atoms with van der Waals surface area (Å²) in [7, 11) is 1.77. The van der Waals surface area contributed by atoms with Crippen LogP contribution in [0.3, 0.4) is 0 Å². The van der Waals surface area contributed by atoms with Gasteiger partial charge in [0, 0.05) is 19.4 Å². The molecule has 0 amide bonds. The topological polar surface area (TPSA) is 43.4 Å². The summed E-state index contributed by atoms with van der Waals surface area (Å²) in [6, 6.07) is 0. The third-order valence-corrected chi connectivity index (χ3v) is 8.71. The van der Waals surface area contributed by atoms with Crippen molar-refractivity contribution in [1.82, 2.24) is 0 Å². The molecule has 0 aromatic heterocycles. The highest BCUT2D eigenvalue weighted by Crippen LogP contribution is 2.66. The second kappa shape index (κ2) is 5.77. The molecule has 4 aliphatic carbocycles. The van der Waals surface area contributed by atoms with Crippen molar-refractivity contribution >= 4 is 11.6 Å². The summed E-state index contributed by atoms with van der Waals surface area (Å²) in [6.45, 7) is 6.53. The maximum absolute atomic E-state index is 12.4. The fourth-order valence-corrected chi connectivity index (χ4v) is 7.51. The monoisotopic (exact) mass is 344 g/mol. The van der Waals surface area contributed by atoms with Gasteiger partial charge in [-0.15, -0.1) is 0 Å². The third-order valence-electron chi connectivity index (χ3n) is 8.71. The van der Waals surface area contributed by atoms with E-state index in [-0.39, 0.29) is 22.9 Å². The van der Waals surface area contributed by atoms with Crippen LogP contribution in [-0.4, -0.2) is 24.8 Å². The predicted octanol–water partition coefficient (Wildman–Crippen LogP) is 4.35. The molecule has 3 saturated carbocycles. The quantitative estimate of drug-likeness (QED) is 0.748. The average molecular weight is 344 g/mol. The number of carbonyl (C=O) groups excluding carboxylic acids is 2. The number of methoxy groups -OCH3 is 1. The number of hydrogen-bond donors (Lipinski definition) is 0. The second-order valence-electron chi connectivity index (χ2n) is 9.61. The van der Waals surface area contributed by atoms with Crippen molar-refractivity contribution in [1.29, 1.82) is 0 Å². The summed E-state index contributed by atoms with van der Waals surface area (Å²) in [6.07, 6.45) is 9.39. The summed E-state index contributed by atoms with van der Waals surface area (Å²) >= 11 is 0. The van der Waals surface area contributed by atoms with Gasteiger partial charge in [-0.3, -0.25) is 9.59 Å². The van der Waals surface area contributed by atoms with E-state index in [2.05, 4.69) is 13.8 Å². The molecule has 138 valence electrons. The highest BCUT2D eigenvalue weighted by atomic mass is 16.5. The smallest absolute Gasteiger partial charge is 0.155 e. The van der Waals surface area contributed by atoms with Gasteiger partial charge in [0.1, 0.15) is 5.78 Å². The maximum atomic E-state index is 12.4. The van der Waals surface area contributed by atoms with Crippen molar-refractivity contribution in [3.63, 3.8) is 0 Å². The molecule has 0 heterocycles. The van der Waals surface area contributed by atoms with E-state index >= 15 is 0 Å². The number of ether oxygens (including phenoxy) is 1. The molecule has 3 nitrogen and oxygen atoms in total. The highest BCUT2D eigenvalue weighted by molar-refractivity contribution is 5.91. The van der Waals surface area contributed by atoms with E-state index in [4.69, 9.17) is 4.74 Å². The van der Waals surface area contributed by atoms with Crippen LogP contribution in [0.15, 0.2) is 11.6 Å². The Hall–Kier alpha value is -0.960. The Kier molecular flexibility index (Phi) is 4.03. The van der Waals surface area contributed by atoms with Crippen LogP contribution in [0.25, 0.3) is 0 Å². The molecule has 3 fully saturated rings. The van der Waals surface area contributed by atoms with Crippen LogP contribution in [0, 0.1) is 34.5 Å². The molecule has 0 aromatic carbocycles. The van der Waals surface area contributed by atoms with Crippen molar-refractivity contribution in [3.8, 4) is 0 Å². The highest BCUT2D eigenvalue weighted by Gasteiger charge is 2.62. The van der Waals surface area contributed by atoms with Crippen molar-refractivity contribution in [2.45, 2.75) is 71.8 Å². The minimum absolute atomic E-state index is 0.0566. The van der Waals surface area contributed by atoms with Gasteiger partial charge in [-0.1, -0.05) is 19.4 Å². The van der Waals surface area contributed by atoms with Crippen LogP contribution < -0.4 is 0 Å². The lowest BCUT2D eigenvalue weighted by Gasteiger charge is -2.57. The SMILES string of the molecule is COC1C[C@H]2[C@@H]3CCC4=CC(=O)CC[C@]4(C)[C@H]3CC[C@]2(C)[C@H]1C(C)=O. The number of Topliss-reactive ketones (excluding diaryl/α,β-unsaturated/α-hetero) is 1. The Morgan fingerprint density at radius 2 is 1.92 bits per heavy atom. The van der Waals surface area contributed by atoms with E-state index in [0.717, 1.165) is 25.7 Å². The van der Waals surface area contributed by atoms with E-state index in [1.165, 1.54) is 18.4 Å². The minimum Gasteiger partial charge on any atom is -0.381 e. The molecule has 25 heavy (non-hydrogen) atoms. The van der Waals surface area contributed by atoms with Gasteiger partial charge in [0.25, 0.3) is 0 Å². The molecule has 4 rings (SSSR count). The molecule has 7 atom stereocenters. The molecule has 0 N–H and O–H groups in total. The molecule has 0 radical (unpaired) electrons. The van der Waals surface area contributed by atoms with Crippen molar-refractivity contribution in [3.05, 3.63) is 11.6 Å². The standard InChI is InChI=1S/C22H32O3/c1-13(23)20-19(25-4)12-18-16-6-5-14-11-15(24)7-9-21(14,2)17(16)8-10-22(18,20)3/h11,16-20H,5-10,12H2,1-4H3/t16-,17+,18+,19?,20+,21+,22+/m1/s1. The molecular weight excluding hydrogens is 312 g/mol. The van der Waals surface area contributed by atoms with E-state index in [9.17, 15) is 9.59 Å². The van der Waals surface area contributed by atoms with Gasteiger partial charge in [0.15, 0.2) is 5.78 Å². The fourth-order valence-electron chi connectivity index (χ4n) is 7.51. The zero-order chi connectivity index (χ0) is 18.0. The maximum Gasteiger partial charge on any atom is 0.155 e. The Bertz CT molecular complexity index is 635. The normalized spacial score (nSPS) is 49.0. The molecule has 0 saturated heterocycles. The van der Waals surface area contributed by atoms with Crippen molar-refractivity contribution < 1.29 is 14.3 Å². The summed E-state index contributed by atoms with van der Waals surface area (Å²) in [5.41, 5.74) is 1.71. The molecule has 0 aromatic rings. The molecule has 0 spiro atoms. The summed E-state index contributed by atoms with van der Waals surface area (Å²) in [4.78, 5) is 24.4. The van der Waals surface area contributed by atoms with Crippen LogP contribution in [0.5, 0.6) is 0 Å². The van der Waals surface area contributed by atoms with E-state index in [1.807, 2.05) is 6.08 Å². The van der Waals surface area contributed by atoms with Crippen LogP contribution >= 0.6 is 0 Å². The van der Waals surface area contributed by atoms with Gasteiger partial charge < -0.3 is 4.74 Å². The van der Waals surface area contributed by atoms with Gasteiger partial charge in [-0.25, -0.2) is 0 Å². The van der Waals surface area contributed by atoms with Crippen LogP contribution in [0.4, 0.5) is 0 Å². The first kappa shape index (κ1) is 17.5. The van der Waals surface area contributed by atoms with Gasteiger partial charge in [-0.05, 0) is 80.1 Å². The van der Waals surface area contributed by atoms with Gasteiger partial charge in [0.2, 0.25) is 0 Å². The number of allylic oxidation sites excluding steroid dienone is 1. The lowest BCUT2D eigenvalue weighted by atomic mass is 9.46. The van der Waals surface area contributed by atoms with Crippen molar-refractivity contribution in [2.24, 2.45) is 34.5 Å². The largest absolute Gasteiger partial charge is 0.381 e. The third kappa shape index (κ3) is 2.34. The first-order chi connectivity index (χ1) is 11.8. The van der Waals surface area contributed by atoms with E-state index in [1.54, 1.807) is 14.0 Å². The van der Waals surface area contributed by atoms with Crippen LogP contribution in [-0.2, 0) is 14.3 Å². The minimum atomic E-state index is 0.0566.